The zero-order chi connectivity index (χ0) is 14.6. The highest BCUT2D eigenvalue weighted by atomic mass is 79.9. The smallest absolute Gasteiger partial charge is 0.117 e. The van der Waals surface area contributed by atoms with E-state index in [4.69, 9.17) is 10.7 Å². The maximum absolute atomic E-state index is 5.90. The second-order valence-electron chi connectivity index (χ2n) is 5.42. The van der Waals surface area contributed by atoms with Gasteiger partial charge in [-0.3, -0.25) is 4.57 Å². The fourth-order valence-electron chi connectivity index (χ4n) is 2.65. The van der Waals surface area contributed by atoms with E-state index < -0.39 is 0 Å². The number of fused-ring (bicyclic) bond motifs is 1. The van der Waals surface area contributed by atoms with Crippen LogP contribution in [0.2, 0.25) is 0 Å². The molecule has 3 nitrogen and oxygen atoms in total. The van der Waals surface area contributed by atoms with E-state index in [1.54, 1.807) is 0 Å². The van der Waals surface area contributed by atoms with Crippen LogP contribution in [0.3, 0.4) is 0 Å². The van der Waals surface area contributed by atoms with Crippen molar-refractivity contribution in [2.45, 2.75) is 18.8 Å². The van der Waals surface area contributed by atoms with Crippen molar-refractivity contribution in [2.24, 2.45) is 0 Å². The predicted molar refractivity (Wildman–Crippen MR) is 92.9 cm³/mol. The number of anilines is 1. The first-order chi connectivity index (χ1) is 10.1. The van der Waals surface area contributed by atoms with Gasteiger partial charge < -0.3 is 5.73 Å². The number of aromatic nitrogens is 2. The number of hydrogen-bond donors (Lipinski definition) is 1. The average molecular weight is 407 g/mol. The summed E-state index contributed by atoms with van der Waals surface area (Å²) in [6.07, 6.45) is 2.43. The summed E-state index contributed by atoms with van der Waals surface area (Å²) in [5, 5.41) is 0. The fourth-order valence-corrected chi connectivity index (χ4v) is 3.87. The van der Waals surface area contributed by atoms with Gasteiger partial charge in [0, 0.05) is 20.6 Å². The third-order valence-electron chi connectivity index (χ3n) is 3.80. The molecule has 1 aromatic heterocycles. The van der Waals surface area contributed by atoms with Crippen molar-refractivity contribution < 1.29 is 0 Å². The molecule has 2 N–H and O–H groups in total. The normalized spacial score (nSPS) is 14.8. The van der Waals surface area contributed by atoms with Gasteiger partial charge in [-0.25, -0.2) is 4.98 Å². The van der Waals surface area contributed by atoms with Crippen LogP contribution in [0.4, 0.5) is 5.69 Å². The number of imidazole rings is 1. The first-order valence-corrected chi connectivity index (χ1v) is 8.45. The van der Waals surface area contributed by atoms with Crippen LogP contribution < -0.4 is 5.73 Å². The van der Waals surface area contributed by atoms with Gasteiger partial charge in [0.05, 0.1) is 16.7 Å². The fraction of sp³-hybridized carbons (Fsp3) is 0.188. The van der Waals surface area contributed by atoms with Gasteiger partial charge in [0.15, 0.2) is 0 Å². The summed E-state index contributed by atoms with van der Waals surface area (Å²) in [5.41, 5.74) is 9.84. The quantitative estimate of drug-likeness (QED) is 0.608. The molecule has 5 heteroatoms. The Hall–Kier alpha value is -1.33. The molecule has 1 saturated carbocycles. The molecular weight excluding hydrogens is 394 g/mol. The van der Waals surface area contributed by atoms with E-state index in [1.165, 1.54) is 12.8 Å². The lowest BCUT2D eigenvalue weighted by atomic mass is 10.2. The Bertz CT molecular complexity index is 850. The van der Waals surface area contributed by atoms with Gasteiger partial charge >= 0.3 is 0 Å². The molecule has 0 unspecified atom stereocenters. The molecular formula is C16H13Br2N3. The van der Waals surface area contributed by atoms with Gasteiger partial charge in [0.1, 0.15) is 5.82 Å². The summed E-state index contributed by atoms with van der Waals surface area (Å²) in [5.74, 6) is 1.70. The lowest BCUT2D eigenvalue weighted by molar-refractivity contribution is 0.893. The largest absolute Gasteiger partial charge is 0.399 e. The zero-order valence-electron chi connectivity index (χ0n) is 11.2. The minimum Gasteiger partial charge on any atom is -0.399 e. The molecule has 0 radical (unpaired) electrons. The topological polar surface area (TPSA) is 43.8 Å². The average Bonchev–Trinajstić information content (AvgIpc) is 3.21. The second kappa shape index (κ2) is 4.85. The second-order valence-corrected chi connectivity index (χ2v) is 7.19. The molecule has 2 aromatic carbocycles. The Kier molecular flexibility index (Phi) is 3.08. The summed E-state index contributed by atoms with van der Waals surface area (Å²) < 4.78 is 4.36. The zero-order valence-corrected chi connectivity index (χ0v) is 14.4. The highest BCUT2D eigenvalue weighted by molar-refractivity contribution is 9.11. The van der Waals surface area contributed by atoms with E-state index in [9.17, 15) is 0 Å². The monoisotopic (exact) mass is 405 g/mol. The molecule has 0 amide bonds. The molecule has 4 rings (SSSR count). The molecule has 0 aliphatic heterocycles. The highest BCUT2D eigenvalue weighted by Crippen LogP contribution is 2.43. The van der Waals surface area contributed by atoms with Gasteiger partial charge in [-0.15, -0.1) is 0 Å². The lowest BCUT2D eigenvalue weighted by Crippen LogP contribution is -2.01. The van der Waals surface area contributed by atoms with E-state index in [1.807, 2.05) is 12.1 Å². The lowest BCUT2D eigenvalue weighted by Gasteiger charge is -2.11. The Morgan fingerprint density at radius 1 is 1.10 bits per heavy atom. The molecule has 1 aliphatic rings. The molecule has 0 saturated heterocycles. The van der Waals surface area contributed by atoms with E-state index in [-0.39, 0.29) is 0 Å². The van der Waals surface area contributed by atoms with E-state index in [0.717, 1.165) is 37.2 Å². The summed E-state index contributed by atoms with van der Waals surface area (Å²) in [6.45, 7) is 0. The minimum absolute atomic E-state index is 0.564. The van der Waals surface area contributed by atoms with Gasteiger partial charge in [-0.05, 0) is 65.2 Å². The first-order valence-electron chi connectivity index (χ1n) is 6.87. The van der Waals surface area contributed by atoms with Crippen LogP contribution in [0, 0.1) is 0 Å². The molecule has 0 atom stereocenters. The van der Waals surface area contributed by atoms with E-state index in [0.29, 0.717) is 5.92 Å². The summed E-state index contributed by atoms with van der Waals surface area (Å²) >= 11 is 7.18. The number of halogens is 2. The number of nitrogens with two attached hydrogens (primary N) is 1. The molecule has 3 aromatic rings. The predicted octanol–water partition coefficient (Wildman–Crippen LogP) is 5.01. The molecule has 1 aliphatic carbocycles. The minimum atomic E-state index is 0.564. The number of nitrogen functional groups attached to an aromatic ring is 1. The van der Waals surface area contributed by atoms with Crippen LogP contribution in [-0.4, -0.2) is 9.55 Å². The van der Waals surface area contributed by atoms with Crippen LogP contribution in [0.15, 0.2) is 45.3 Å². The van der Waals surface area contributed by atoms with Crippen molar-refractivity contribution >= 4 is 48.6 Å². The van der Waals surface area contributed by atoms with Gasteiger partial charge in [-0.1, -0.05) is 15.9 Å². The Balaban J connectivity index is 2.03. The van der Waals surface area contributed by atoms with Crippen LogP contribution in [0.1, 0.15) is 24.6 Å². The number of benzene rings is 2. The van der Waals surface area contributed by atoms with Gasteiger partial charge in [0.2, 0.25) is 0 Å². The van der Waals surface area contributed by atoms with Crippen molar-refractivity contribution in [3.8, 4) is 5.69 Å². The Morgan fingerprint density at radius 3 is 2.62 bits per heavy atom. The summed E-state index contributed by atoms with van der Waals surface area (Å²) in [4.78, 5) is 4.83. The molecule has 0 spiro atoms. The van der Waals surface area contributed by atoms with E-state index >= 15 is 0 Å². The molecule has 0 bridgehead atoms. The van der Waals surface area contributed by atoms with Crippen molar-refractivity contribution in [3.63, 3.8) is 0 Å². The number of hydrogen-bond acceptors (Lipinski definition) is 2. The molecule has 21 heavy (non-hydrogen) atoms. The van der Waals surface area contributed by atoms with Crippen LogP contribution >= 0.6 is 31.9 Å². The highest BCUT2D eigenvalue weighted by Gasteiger charge is 2.30. The Labute approximate surface area is 139 Å². The molecule has 106 valence electrons. The standard InChI is InChI=1S/C16H13Br2N3/c17-10-3-5-14(12(18)7-10)21-15-6-4-11(19)8-13(15)20-16(21)9-1-2-9/h3-9H,1-2,19H2. The van der Waals surface area contributed by atoms with Crippen molar-refractivity contribution in [3.05, 3.63) is 51.2 Å². The van der Waals surface area contributed by atoms with E-state index in [2.05, 4.69) is 60.7 Å². The molecule has 1 fully saturated rings. The van der Waals surface area contributed by atoms with Crippen LogP contribution in [0.25, 0.3) is 16.7 Å². The maximum Gasteiger partial charge on any atom is 0.117 e. The molecule has 1 heterocycles. The van der Waals surface area contributed by atoms with Crippen molar-refractivity contribution in [2.75, 3.05) is 5.73 Å². The number of nitrogens with zero attached hydrogens (tertiary/aromatic N) is 2. The van der Waals surface area contributed by atoms with Crippen molar-refractivity contribution in [1.29, 1.82) is 0 Å². The summed E-state index contributed by atoms with van der Waals surface area (Å²) in [6, 6.07) is 12.2. The van der Waals surface area contributed by atoms with Crippen molar-refractivity contribution in [1.82, 2.24) is 9.55 Å². The van der Waals surface area contributed by atoms with Crippen LogP contribution in [0.5, 0.6) is 0 Å². The third-order valence-corrected chi connectivity index (χ3v) is 4.93. The SMILES string of the molecule is Nc1ccc2c(c1)nc(C1CC1)n2-c1ccc(Br)cc1Br. The van der Waals surface area contributed by atoms with Crippen LogP contribution in [-0.2, 0) is 0 Å². The third kappa shape index (κ3) is 2.28. The van der Waals surface area contributed by atoms with Gasteiger partial charge in [0.25, 0.3) is 0 Å². The Morgan fingerprint density at radius 2 is 1.90 bits per heavy atom. The summed E-state index contributed by atoms with van der Waals surface area (Å²) in [7, 11) is 0. The maximum atomic E-state index is 5.90. The number of rotatable bonds is 2. The van der Waals surface area contributed by atoms with Gasteiger partial charge in [-0.2, -0.15) is 0 Å². The first kappa shape index (κ1) is 13.3.